The standard InChI is InChI=1S/C23H21BrClNO6/c1-26(31)7-6-15(20(30)11-26)21-18(28)10-19(29)22-17(27)9-14(32-23(21)22)5-3-12-2-4-13(25)8-16(12)24/h2-5,8-10,15,20,28-30H,6-7,11H2,1H3/b5-3+/t15-,20+,26?/m0/s1. The number of aromatic hydroxyl groups is 2. The van der Waals surface area contributed by atoms with E-state index in [-0.39, 0.29) is 47.6 Å². The number of piperidine rings is 1. The summed E-state index contributed by atoms with van der Waals surface area (Å²) in [6, 6.07) is 7.57. The van der Waals surface area contributed by atoms with Crippen LogP contribution >= 0.6 is 27.5 Å². The van der Waals surface area contributed by atoms with E-state index >= 15 is 0 Å². The Morgan fingerprint density at radius 2 is 1.97 bits per heavy atom. The Morgan fingerprint density at radius 1 is 1.22 bits per heavy atom. The van der Waals surface area contributed by atoms with Gasteiger partial charge < -0.3 is 29.6 Å². The van der Waals surface area contributed by atoms with Crippen LogP contribution in [0.4, 0.5) is 0 Å². The highest BCUT2D eigenvalue weighted by Crippen LogP contribution is 2.42. The fourth-order valence-electron chi connectivity index (χ4n) is 4.14. The van der Waals surface area contributed by atoms with Gasteiger partial charge in [0.2, 0.25) is 0 Å². The highest BCUT2D eigenvalue weighted by atomic mass is 79.9. The van der Waals surface area contributed by atoms with Crippen LogP contribution in [-0.4, -0.2) is 46.2 Å². The lowest BCUT2D eigenvalue weighted by molar-refractivity contribution is -0.870. The topological polar surface area (TPSA) is 114 Å². The van der Waals surface area contributed by atoms with Gasteiger partial charge >= 0.3 is 0 Å². The van der Waals surface area contributed by atoms with Gasteiger partial charge in [0.1, 0.15) is 40.9 Å². The number of fused-ring (bicyclic) bond motifs is 1. The summed E-state index contributed by atoms with van der Waals surface area (Å²) in [5.41, 5.74) is 0.516. The molecule has 1 saturated heterocycles. The molecule has 3 atom stereocenters. The third-order valence-electron chi connectivity index (χ3n) is 5.73. The van der Waals surface area contributed by atoms with Gasteiger partial charge in [0.15, 0.2) is 5.43 Å². The zero-order chi connectivity index (χ0) is 23.2. The molecule has 1 aliphatic rings. The maximum absolute atomic E-state index is 12.8. The Bertz CT molecular complexity index is 1290. The Morgan fingerprint density at radius 3 is 2.66 bits per heavy atom. The zero-order valence-electron chi connectivity index (χ0n) is 17.1. The van der Waals surface area contributed by atoms with Crippen molar-refractivity contribution >= 4 is 50.7 Å². The van der Waals surface area contributed by atoms with E-state index in [1.165, 1.54) is 13.1 Å². The summed E-state index contributed by atoms with van der Waals surface area (Å²) in [7, 11) is 1.48. The molecule has 3 aromatic rings. The fourth-order valence-corrected chi connectivity index (χ4v) is 4.96. The average molecular weight is 523 g/mol. The fraction of sp³-hybridized carbons (Fsp3) is 0.261. The molecule has 0 bridgehead atoms. The Hall–Kier alpha value is -2.36. The predicted molar refractivity (Wildman–Crippen MR) is 127 cm³/mol. The van der Waals surface area contributed by atoms with Crippen LogP contribution in [0.1, 0.15) is 29.2 Å². The van der Waals surface area contributed by atoms with Gasteiger partial charge in [-0.25, -0.2) is 0 Å². The van der Waals surface area contributed by atoms with Crippen molar-refractivity contribution in [2.24, 2.45) is 0 Å². The number of rotatable bonds is 3. The van der Waals surface area contributed by atoms with Gasteiger partial charge in [-0.05, 0) is 23.8 Å². The molecule has 168 valence electrons. The van der Waals surface area contributed by atoms with E-state index in [4.69, 9.17) is 16.0 Å². The zero-order valence-corrected chi connectivity index (χ0v) is 19.4. The first-order valence-electron chi connectivity index (χ1n) is 9.95. The summed E-state index contributed by atoms with van der Waals surface area (Å²) in [5.74, 6) is -1.14. The maximum Gasteiger partial charge on any atom is 0.197 e. The molecule has 1 unspecified atom stereocenters. The number of likely N-dealkylation sites (N-methyl/N-ethyl adjacent to an activating group) is 1. The van der Waals surface area contributed by atoms with Crippen molar-refractivity contribution in [3.63, 3.8) is 0 Å². The molecule has 4 rings (SSSR count). The number of phenolic OH excluding ortho intramolecular Hbond substituents is 2. The van der Waals surface area contributed by atoms with Gasteiger partial charge in [-0.15, -0.1) is 0 Å². The molecule has 0 aliphatic carbocycles. The van der Waals surface area contributed by atoms with Gasteiger partial charge in [-0.3, -0.25) is 4.79 Å². The van der Waals surface area contributed by atoms with Crippen LogP contribution in [0.15, 0.2) is 44.0 Å². The number of aliphatic hydroxyl groups is 1. The minimum Gasteiger partial charge on any atom is -0.633 e. The Labute approximate surface area is 197 Å². The first kappa shape index (κ1) is 22.8. The molecular weight excluding hydrogens is 502 g/mol. The van der Waals surface area contributed by atoms with Crippen LogP contribution in [0.3, 0.4) is 0 Å². The molecule has 0 radical (unpaired) electrons. The molecular formula is C23H21BrClNO6. The van der Waals surface area contributed by atoms with Crippen molar-refractivity contribution in [2.75, 3.05) is 20.1 Å². The quantitative estimate of drug-likeness (QED) is 0.343. The predicted octanol–water partition coefficient (Wildman–Crippen LogP) is 4.58. The molecule has 0 saturated carbocycles. The van der Waals surface area contributed by atoms with Crippen molar-refractivity contribution in [3.05, 3.63) is 72.1 Å². The van der Waals surface area contributed by atoms with Gasteiger partial charge in [0, 0.05) is 39.5 Å². The molecule has 3 N–H and O–H groups in total. The molecule has 7 nitrogen and oxygen atoms in total. The monoisotopic (exact) mass is 521 g/mol. The van der Waals surface area contributed by atoms with Gasteiger partial charge in [-0.2, -0.15) is 0 Å². The number of hydrogen-bond donors (Lipinski definition) is 3. The number of nitrogens with zero attached hydrogens (tertiary/aromatic N) is 1. The lowest BCUT2D eigenvalue weighted by Crippen LogP contribution is -2.51. The lowest BCUT2D eigenvalue weighted by atomic mass is 9.85. The second-order valence-corrected chi connectivity index (χ2v) is 9.50. The Kier molecular flexibility index (Phi) is 6.08. The molecule has 1 aliphatic heterocycles. The van der Waals surface area contributed by atoms with Crippen molar-refractivity contribution in [3.8, 4) is 11.5 Å². The molecule has 9 heteroatoms. The second kappa shape index (κ2) is 8.53. The van der Waals surface area contributed by atoms with E-state index in [2.05, 4.69) is 15.9 Å². The number of halogens is 2. The third kappa shape index (κ3) is 4.42. The number of hydrogen-bond acceptors (Lipinski definition) is 6. The van der Waals surface area contributed by atoms with E-state index in [0.29, 0.717) is 5.02 Å². The Balaban J connectivity index is 1.84. The van der Waals surface area contributed by atoms with Crippen molar-refractivity contribution in [1.29, 1.82) is 0 Å². The summed E-state index contributed by atoms with van der Waals surface area (Å²) in [6.45, 7) is 0.179. The van der Waals surface area contributed by atoms with Gasteiger partial charge in [-0.1, -0.05) is 39.7 Å². The van der Waals surface area contributed by atoms with Crippen LogP contribution in [0.5, 0.6) is 11.5 Å². The lowest BCUT2D eigenvalue weighted by Gasteiger charge is -2.46. The minimum absolute atomic E-state index is 0.00382. The molecule has 2 aromatic carbocycles. The highest BCUT2D eigenvalue weighted by Gasteiger charge is 2.37. The number of aliphatic hydroxyl groups excluding tert-OH is 1. The van der Waals surface area contributed by atoms with Crippen LogP contribution in [0, 0.1) is 5.21 Å². The normalized spacial score (nSPS) is 23.8. The largest absolute Gasteiger partial charge is 0.633 e. The highest BCUT2D eigenvalue weighted by molar-refractivity contribution is 9.10. The van der Waals surface area contributed by atoms with Crippen LogP contribution in [0.2, 0.25) is 5.02 Å². The summed E-state index contributed by atoms with van der Waals surface area (Å²) in [5, 5.41) is 44.3. The summed E-state index contributed by atoms with van der Waals surface area (Å²) >= 11 is 9.39. The molecule has 1 fully saturated rings. The van der Waals surface area contributed by atoms with Crippen molar-refractivity contribution in [1.82, 2.24) is 0 Å². The second-order valence-electron chi connectivity index (χ2n) is 8.21. The van der Waals surface area contributed by atoms with E-state index in [1.807, 2.05) is 0 Å². The van der Waals surface area contributed by atoms with Crippen LogP contribution in [0.25, 0.3) is 23.1 Å². The maximum atomic E-state index is 12.8. The first-order valence-corrected chi connectivity index (χ1v) is 11.1. The van der Waals surface area contributed by atoms with Crippen molar-refractivity contribution in [2.45, 2.75) is 18.4 Å². The molecule has 0 spiro atoms. The molecule has 1 aromatic heterocycles. The van der Waals surface area contributed by atoms with Crippen LogP contribution in [-0.2, 0) is 0 Å². The summed E-state index contributed by atoms with van der Waals surface area (Å²) < 4.78 is 6.09. The minimum atomic E-state index is -1.04. The average Bonchev–Trinajstić information content (AvgIpc) is 2.67. The molecule has 0 amide bonds. The third-order valence-corrected chi connectivity index (χ3v) is 6.65. The van der Waals surface area contributed by atoms with E-state index in [1.54, 1.807) is 30.4 Å². The number of hydroxylamine groups is 3. The van der Waals surface area contributed by atoms with Crippen LogP contribution < -0.4 is 5.43 Å². The van der Waals surface area contributed by atoms with Gasteiger partial charge in [0.25, 0.3) is 0 Å². The smallest absolute Gasteiger partial charge is 0.197 e. The molecule has 32 heavy (non-hydrogen) atoms. The van der Waals surface area contributed by atoms with Gasteiger partial charge in [0.05, 0.1) is 13.6 Å². The van der Waals surface area contributed by atoms with E-state index in [0.717, 1.165) is 16.1 Å². The molecule has 2 heterocycles. The SMILES string of the molecule is C[N+]1([O-])CC[C@H](c2c(O)cc(O)c3c(=O)cc(/C=C/c4ccc(Cl)cc4Br)oc23)[C@H](O)C1. The summed E-state index contributed by atoms with van der Waals surface area (Å²) in [6.07, 6.45) is 2.56. The van der Waals surface area contributed by atoms with E-state index < -0.39 is 27.8 Å². The number of phenols is 2. The number of quaternary nitrogens is 1. The van der Waals surface area contributed by atoms with Crippen molar-refractivity contribution < 1.29 is 24.4 Å². The number of likely N-dealkylation sites (tertiary alicyclic amines) is 1. The van der Waals surface area contributed by atoms with E-state index in [9.17, 15) is 25.3 Å². The number of benzene rings is 2. The summed E-state index contributed by atoms with van der Waals surface area (Å²) in [4.78, 5) is 12.8. The first-order chi connectivity index (χ1) is 15.1.